The van der Waals surface area contributed by atoms with E-state index in [-0.39, 0.29) is 12.1 Å². The summed E-state index contributed by atoms with van der Waals surface area (Å²) in [5, 5.41) is 0. The quantitative estimate of drug-likeness (QED) is 0.279. The second kappa shape index (κ2) is 10.4. The minimum atomic E-state index is -5.40. The van der Waals surface area contributed by atoms with Crippen LogP contribution in [-0.2, 0) is 6.42 Å². The van der Waals surface area contributed by atoms with E-state index in [4.69, 9.17) is 4.74 Å². The zero-order chi connectivity index (χ0) is 25.8. The van der Waals surface area contributed by atoms with Gasteiger partial charge in [0, 0.05) is 12.1 Å². The Bertz CT molecular complexity index is 1140. The SMILES string of the molecule is CCCc1ccc(-c2ccc(OCC(F)(F)Oc3cc(F)c(OC(F)(F)F)c(F)c3)c(F)c2)cc1. The number of hydrogen-bond donors (Lipinski definition) is 0. The average molecular weight is 506 g/mol. The van der Waals surface area contributed by atoms with E-state index in [2.05, 4.69) is 9.47 Å². The largest absolute Gasteiger partial charge is 0.573 e. The van der Waals surface area contributed by atoms with Gasteiger partial charge in [-0.3, -0.25) is 0 Å². The van der Waals surface area contributed by atoms with Crippen molar-refractivity contribution < 1.29 is 49.3 Å². The van der Waals surface area contributed by atoms with Crippen LogP contribution in [0.2, 0.25) is 0 Å². The Hall–Kier alpha value is -3.50. The van der Waals surface area contributed by atoms with Crippen molar-refractivity contribution in [3.63, 3.8) is 0 Å². The molecule has 0 aliphatic heterocycles. The molecule has 3 aromatic rings. The van der Waals surface area contributed by atoms with Gasteiger partial charge in [0.2, 0.25) is 5.75 Å². The molecule has 0 radical (unpaired) electrons. The van der Waals surface area contributed by atoms with Crippen LogP contribution in [0.15, 0.2) is 54.6 Å². The highest BCUT2D eigenvalue weighted by molar-refractivity contribution is 5.64. The Morgan fingerprint density at radius 3 is 1.86 bits per heavy atom. The van der Waals surface area contributed by atoms with E-state index < -0.39 is 53.8 Å². The Morgan fingerprint density at radius 1 is 0.714 bits per heavy atom. The van der Waals surface area contributed by atoms with Gasteiger partial charge in [0.1, 0.15) is 5.75 Å². The smallest absolute Gasteiger partial charge is 0.480 e. The van der Waals surface area contributed by atoms with Gasteiger partial charge >= 0.3 is 12.5 Å². The molecule has 0 bridgehead atoms. The van der Waals surface area contributed by atoms with Gasteiger partial charge in [0.05, 0.1) is 0 Å². The van der Waals surface area contributed by atoms with Crippen LogP contribution in [0.1, 0.15) is 18.9 Å². The van der Waals surface area contributed by atoms with Gasteiger partial charge in [0.15, 0.2) is 29.8 Å². The van der Waals surface area contributed by atoms with Crippen LogP contribution in [0.25, 0.3) is 11.1 Å². The summed E-state index contributed by atoms with van der Waals surface area (Å²) >= 11 is 0. The predicted octanol–water partition coefficient (Wildman–Crippen LogP) is 7.67. The van der Waals surface area contributed by atoms with E-state index in [1.54, 1.807) is 12.1 Å². The average Bonchev–Trinajstić information content (AvgIpc) is 2.75. The summed E-state index contributed by atoms with van der Waals surface area (Å²) in [7, 11) is 0. The van der Waals surface area contributed by atoms with Crippen LogP contribution in [0.3, 0.4) is 0 Å². The molecule has 35 heavy (non-hydrogen) atoms. The third-order valence-electron chi connectivity index (χ3n) is 4.61. The zero-order valence-electron chi connectivity index (χ0n) is 18.1. The van der Waals surface area contributed by atoms with E-state index in [0.29, 0.717) is 11.1 Å². The lowest BCUT2D eigenvalue weighted by atomic mass is 10.0. The predicted molar refractivity (Wildman–Crippen MR) is 110 cm³/mol. The van der Waals surface area contributed by atoms with Crippen LogP contribution in [0.4, 0.5) is 35.1 Å². The van der Waals surface area contributed by atoms with E-state index in [1.807, 2.05) is 19.1 Å². The topological polar surface area (TPSA) is 27.7 Å². The van der Waals surface area contributed by atoms with Gasteiger partial charge in [-0.1, -0.05) is 43.7 Å². The van der Waals surface area contributed by atoms with Crippen LogP contribution in [-0.4, -0.2) is 19.1 Å². The lowest BCUT2D eigenvalue weighted by molar-refractivity contribution is -0.276. The highest BCUT2D eigenvalue weighted by atomic mass is 19.4. The zero-order valence-corrected chi connectivity index (χ0v) is 18.1. The summed E-state index contributed by atoms with van der Waals surface area (Å²) < 4.78 is 119. The van der Waals surface area contributed by atoms with Crippen molar-refractivity contribution in [2.75, 3.05) is 6.61 Å². The van der Waals surface area contributed by atoms with Crippen LogP contribution < -0.4 is 14.2 Å². The van der Waals surface area contributed by atoms with Gasteiger partial charge in [-0.05, 0) is 35.2 Å². The van der Waals surface area contributed by atoms with Gasteiger partial charge in [0.25, 0.3) is 0 Å². The molecule has 0 atom stereocenters. The molecule has 0 amide bonds. The van der Waals surface area contributed by atoms with E-state index in [9.17, 15) is 35.1 Å². The normalized spacial score (nSPS) is 11.9. The fourth-order valence-corrected chi connectivity index (χ4v) is 3.12. The molecule has 3 rings (SSSR count). The summed E-state index contributed by atoms with van der Waals surface area (Å²) in [6.07, 6.45) is -7.76. The number of alkyl halides is 5. The van der Waals surface area contributed by atoms with Gasteiger partial charge in [-0.2, -0.15) is 8.78 Å². The lowest BCUT2D eigenvalue weighted by Gasteiger charge is -2.19. The van der Waals surface area contributed by atoms with Crippen LogP contribution in [0.5, 0.6) is 17.2 Å². The highest BCUT2D eigenvalue weighted by Crippen LogP contribution is 2.34. The fourth-order valence-electron chi connectivity index (χ4n) is 3.12. The second-order valence-corrected chi connectivity index (χ2v) is 7.38. The Morgan fingerprint density at radius 2 is 1.31 bits per heavy atom. The maximum absolute atomic E-state index is 14.4. The molecule has 3 aromatic carbocycles. The standard InChI is InChI=1S/C24H18F8O3/c1-2-3-14-4-6-15(7-5-14)16-8-9-21(18(25)10-16)33-13-23(28,29)34-17-11-19(26)22(20(27)12-17)35-24(30,31)32/h4-12H,2-3,13H2,1H3. The summed E-state index contributed by atoms with van der Waals surface area (Å²) in [5.74, 6) is -8.28. The first-order chi connectivity index (χ1) is 16.4. The van der Waals surface area contributed by atoms with Crippen LogP contribution in [0, 0.1) is 17.5 Å². The number of benzene rings is 3. The van der Waals surface area contributed by atoms with Crippen molar-refractivity contribution in [2.45, 2.75) is 32.2 Å². The third-order valence-corrected chi connectivity index (χ3v) is 4.61. The van der Waals surface area contributed by atoms with Crippen molar-refractivity contribution in [3.8, 4) is 28.4 Å². The molecule has 0 saturated carbocycles. The molecule has 0 saturated heterocycles. The second-order valence-electron chi connectivity index (χ2n) is 7.38. The minimum Gasteiger partial charge on any atom is -0.480 e. The van der Waals surface area contributed by atoms with Crippen molar-refractivity contribution in [1.29, 1.82) is 0 Å². The lowest BCUT2D eigenvalue weighted by Crippen LogP contribution is -2.32. The molecular formula is C24H18F8O3. The molecule has 0 aliphatic rings. The number of ether oxygens (including phenoxy) is 3. The first-order valence-corrected chi connectivity index (χ1v) is 10.2. The van der Waals surface area contributed by atoms with Gasteiger partial charge in [-0.25, -0.2) is 13.2 Å². The van der Waals surface area contributed by atoms with E-state index in [1.165, 1.54) is 6.07 Å². The monoisotopic (exact) mass is 506 g/mol. The molecule has 0 spiro atoms. The van der Waals surface area contributed by atoms with Crippen molar-refractivity contribution in [3.05, 3.63) is 77.6 Å². The molecule has 0 aromatic heterocycles. The summed E-state index contributed by atoms with van der Waals surface area (Å²) in [6, 6.07) is 11.2. The Kier molecular flexibility index (Phi) is 7.76. The minimum absolute atomic E-state index is 0.0826. The number of halogens is 8. The molecule has 11 heteroatoms. The molecule has 0 N–H and O–H groups in total. The molecule has 3 nitrogen and oxygen atoms in total. The first-order valence-electron chi connectivity index (χ1n) is 10.2. The van der Waals surface area contributed by atoms with Gasteiger partial charge < -0.3 is 14.2 Å². The summed E-state index contributed by atoms with van der Waals surface area (Å²) in [4.78, 5) is 0. The van der Waals surface area contributed by atoms with E-state index >= 15 is 0 Å². The maximum Gasteiger partial charge on any atom is 0.573 e. The third kappa shape index (κ3) is 7.24. The number of hydrogen-bond acceptors (Lipinski definition) is 3. The highest BCUT2D eigenvalue weighted by Gasteiger charge is 2.36. The maximum atomic E-state index is 14.4. The number of rotatable bonds is 9. The fraction of sp³-hybridized carbons (Fsp3) is 0.250. The number of aryl methyl sites for hydroxylation is 1. The summed E-state index contributed by atoms with van der Waals surface area (Å²) in [5.41, 5.74) is 2.29. The van der Waals surface area contributed by atoms with Gasteiger partial charge in [-0.15, -0.1) is 13.2 Å². The summed E-state index contributed by atoms with van der Waals surface area (Å²) in [6.45, 7) is 0.482. The Balaban J connectivity index is 1.66. The molecule has 0 unspecified atom stereocenters. The first kappa shape index (κ1) is 26.1. The molecule has 0 aliphatic carbocycles. The van der Waals surface area contributed by atoms with E-state index in [0.717, 1.165) is 30.5 Å². The molecule has 0 fully saturated rings. The molecular weight excluding hydrogens is 488 g/mol. The van der Waals surface area contributed by atoms with Crippen molar-refractivity contribution in [2.24, 2.45) is 0 Å². The van der Waals surface area contributed by atoms with Crippen molar-refractivity contribution >= 4 is 0 Å². The van der Waals surface area contributed by atoms with Crippen molar-refractivity contribution in [1.82, 2.24) is 0 Å². The van der Waals surface area contributed by atoms with Crippen LogP contribution >= 0.6 is 0 Å². The molecule has 0 heterocycles. The Labute approximate surface area is 194 Å². The molecule has 188 valence electrons.